The molecule has 0 unspecified atom stereocenters. The van der Waals surface area contributed by atoms with Gasteiger partial charge in [0.05, 0.1) is 0 Å². The van der Waals surface area contributed by atoms with Gasteiger partial charge >= 0.3 is 0 Å². The zero-order valence-corrected chi connectivity index (χ0v) is 29.6. The second-order valence-corrected chi connectivity index (χ2v) is 14.0. The van der Waals surface area contributed by atoms with Crippen molar-refractivity contribution >= 4 is 54.3 Å². The van der Waals surface area contributed by atoms with E-state index < -0.39 is 0 Å². The minimum absolute atomic E-state index is 0.602. The fraction of sp³-hybridized carbons (Fsp3) is 0. The van der Waals surface area contributed by atoms with E-state index in [1.807, 2.05) is 72.8 Å². The Bertz CT molecular complexity index is 3170. The molecule has 9 aromatic carbocycles. The van der Waals surface area contributed by atoms with E-state index in [9.17, 15) is 0 Å². The van der Waals surface area contributed by atoms with Crippen LogP contribution in [-0.2, 0) is 0 Å². The molecule has 11 rings (SSSR count). The van der Waals surface area contributed by atoms with E-state index in [2.05, 4.69) is 115 Å². The second-order valence-electron chi connectivity index (χ2n) is 14.0. The summed E-state index contributed by atoms with van der Waals surface area (Å²) in [5.41, 5.74) is 8.66. The molecule has 0 bridgehead atoms. The molecular weight excluding hydrogens is 671 g/mol. The third-order valence-electron chi connectivity index (χ3n) is 10.7. The molecule has 0 fully saturated rings. The first kappa shape index (κ1) is 31.1. The molecule has 11 aromatic rings. The summed E-state index contributed by atoms with van der Waals surface area (Å²) in [4.78, 5) is 15.3. The summed E-state index contributed by atoms with van der Waals surface area (Å²) in [6.45, 7) is 0. The van der Waals surface area contributed by atoms with Gasteiger partial charge in [-0.05, 0) is 79.3 Å². The van der Waals surface area contributed by atoms with Gasteiger partial charge in [0.25, 0.3) is 0 Å². The van der Waals surface area contributed by atoms with Gasteiger partial charge in [0.2, 0.25) is 0 Å². The zero-order chi connectivity index (χ0) is 36.3. The van der Waals surface area contributed by atoms with E-state index in [1.165, 1.54) is 32.3 Å². The third-order valence-corrected chi connectivity index (χ3v) is 10.7. The average Bonchev–Trinajstić information content (AvgIpc) is 3.66. The van der Waals surface area contributed by atoms with Crippen molar-refractivity contribution in [1.29, 1.82) is 0 Å². The Morgan fingerprint density at radius 3 is 1.38 bits per heavy atom. The monoisotopic (exact) mass is 701 g/mol. The van der Waals surface area contributed by atoms with Crippen LogP contribution in [0.5, 0.6) is 0 Å². The highest BCUT2D eigenvalue weighted by molar-refractivity contribution is 6.25. The number of fused-ring (bicyclic) bond motifs is 9. The van der Waals surface area contributed by atoms with Crippen LogP contribution in [0.25, 0.3) is 111 Å². The lowest BCUT2D eigenvalue weighted by molar-refractivity contribution is 0.670. The molecule has 0 atom stereocenters. The summed E-state index contributed by atoms with van der Waals surface area (Å²) in [5, 5.41) is 9.64. The van der Waals surface area contributed by atoms with Crippen molar-refractivity contribution in [3.8, 4) is 56.4 Å². The van der Waals surface area contributed by atoms with Gasteiger partial charge in [0.15, 0.2) is 17.5 Å². The molecule has 0 aliphatic carbocycles. The fourth-order valence-electron chi connectivity index (χ4n) is 8.08. The molecule has 0 amide bonds. The van der Waals surface area contributed by atoms with Crippen LogP contribution in [0.1, 0.15) is 0 Å². The van der Waals surface area contributed by atoms with E-state index in [1.54, 1.807) is 0 Å². The predicted octanol–water partition coefficient (Wildman–Crippen LogP) is 13.6. The van der Waals surface area contributed by atoms with E-state index >= 15 is 0 Å². The van der Waals surface area contributed by atoms with Crippen molar-refractivity contribution in [2.45, 2.75) is 0 Å². The first-order valence-electron chi connectivity index (χ1n) is 18.5. The van der Waals surface area contributed by atoms with Gasteiger partial charge in [0.1, 0.15) is 11.2 Å². The minimum Gasteiger partial charge on any atom is -0.455 e. The summed E-state index contributed by atoms with van der Waals surface area (Å²) in [6.07, 6.45) is 0. The zero-order valence-electron chi connectivity index (χ0n) is 29.6. The Labute approximate surface area is 317 Å². The van der Waals surface area contributed by atoms with Gasteiger partial charge in [-0.25, -0.2) is 15.0 Å². The summed E-state index contributed by atoms with van der Waals surface area (Å²) in [7, 11) is 0. The number of para-hydroxylation sites is 2. The van der Waals surface area contributed by atoms with Crippen LogP contribution < -0.4 is 0 Å². The topological polar surface area (TPSA) is 51.8 Å². The van der Waals surface area contributed by atoms with Crippen molar-refractivity contribution in [1.82, 2.24) is 15.0 Å². The lowest BCUT2D eigenvalue weighted by Gasteiger charge is -2.14. The first-order valence-corrected chi connectivity index (χ1v) is 18.5. The average molecular weight is 702 g/mol. The SMILES string of the molecule is c1ccc(-c2nc(-c3ccccc3)nc(-c3cc(-c4ccc5c6ccccc6c6ccccc6c5c4)cc(-c4cccc5c4oc4ccccc45)c3)n2)cc1. The molecule has 2 heterocycles. The number of hydrogen-bond acceptors (Lipinski definition) is 4. The van der Waals surface area contributed by atoms with Gasteiger partial charge < -0.3 is 4.42 Å². The van der Waals surface area contributed by atoms with Gasteiger partial charge in [0, 0.05) is 33.0 Å². The number of aromatic nitrogens is 3. The van der Waals surface area contributed by atoms with Crippen molar-refractivity contribution in [2.24, 2.45) is 0 Å². The summed E-state index contributed by atoms with van der Waals surface area (Å²) in [5.74, 6) is 1.85. The minimum atomic E-state index is 0.602. The Morgan fingerprint density at radius 1 is 0.273 bits per heavy atom. The molecule has 0 N–H and O–H groups in total. The first-order chi connectivity index (χ1) is 27.2. The number of hydrogen-bond donors (Lipinski definition) is 0. The van der Waals surface area contributed by atoms with Gasteiger partial charge in [-0.15, -0.1) is 0 Å². The lowest BCUT2D eigenvalue weighted by Crippen LogP contribution is -2.00. The predicted molar refractivity (Wildman–Crippen MR) is 227 cm³/mol. The largest absolute Gasteiger partial charge is 0.455 e. The van der Waals surface area contributed by atoms with Gasteiger partial charge in [-0.3, -0.25) is 0 Å². The molecule has 0 spiro atoms. The van der Waals surface area contributed by atoms with E-state index in [0.717, 1.165) is 60.9 Å². The Kier molecular flexibility index (Phi) is 7.14. The Morgan fingerprint density at radius 2 is 0.745 bits per heavy atom. The normalized spacial score (nSPS) is 11.6. The molecule has 4 nitrogen and oxygen atoms in total. The highest BCUT2D eigenvalue weighted by Crippen LogP contribution is 2.41. The van der Waals surface area contributed by atoms with Crippen LogP contribution >= 0.6 is 0 Å². The second kappa shape index (κ2) is 12.6. The van der Waals surface area contributed by atoms with Crippen LogP contribution in [0.15, 0.2) is 192 Å². The number of benzene rings is 9. The summed E-state index contributed by atoms with van der Waals surface area (Å²) in [6, 6.07) is 65.8. The molecular formula is C51H31N3O. The van der Waals surface area contributed by atoms with Crippen molar-refractivity contribution in [3.63, 3.8) is 0 Å². The number of nitrogens with zero attached hydrogens (tertiary/aromatic N) is 3. The third kappa shape index (κ3) is 5.26. The summed E-state index contributed by atoms with van der Waals surface area (Å²) < 4.78 is 6.59. The van der Waals surface area contributed by atoms with Crippen LogP contribution in [0.3, 0.4) is 0 Å². The lowest BCUT2D eigenvalue weighted by atomic mass is 9.90. The highest BCUT2D eigenvalue weighted by atomic mass is 16.3. The molecule has 0 aliphatic heterocycles. The van der Waals surface area contributed by atoms with E-state index in [0.29, 0.717) is 17.5 Å². The molecule has 0 radical (unpaired) electrons. The van der Waals surface area contributed by atoms with Crippen LogP contribution in [0.4, 0.5) is 0 Å². The summed E-state index contributed by atoms with van der Waals surface area (Å²) >= 11 is 0. The van der Waals surface area contributed by atoms with E-state index in [4.69, 9.17) is 19.4 Å². The smallest absolute Gasteiger partial charge is 0.164 e. The fourth-order valence-corrected chi connectivity index (χ4v) is 8.08. The van der Waals surface area contributed by atoms with Crippen LogP contribution in [-0.4, -0.2) is 15.0 Å². The maximum atomic E-state index is 6.59. The number of furan rings is 1. The van der Waals surface area contributed by atoms with Gasteiger partial charge in [-0.1, -0.05) is 158 Å². The highest BCUT2D eigenvalue weighted by Gasteiger charge is 2.18. The molecule has 55 heavy (non-hydrogen) atoms. The Hall–Kier alpha value is -7.43. The molecule has 0 saturated heterocycles. The van der Waals surface area contributed by atoms with Crippen molar-refractivity contribution in [3.05, 3.63) is 188 Å². The van der Waals surface area contributed by atoms with E-state index in [-0.39, 0.29) is 0 Å². The van der Waals surface area contributed by atoms with Crippen LogP contribution in [0.2, 0.25) is 0 Å². The molecule has 256 valence electrons. The van der Waals surface area contributed by atoms with Crippen molar-refractivity contribution in [2.75, 3.05) is 0 Å². The van der Waals surface area contributed by atoms with Crippen LogP contribution in [0, 0.1) is 0 Å². The molecule has 0 saturated carbocycles. The van der Waals surface area contributed by atoms with Crippen molar-refractivity contribution < 1.29 is 4.42 Å². The molecule has 0 aliphatic rings. The Balaban J connectivity index is 1.19. The molecule has 2 aromatic heterocycles. The number of rotatable bonds is 5. The molecule has 4 heteroatoms. The maximum Gasteiger partial charge on any atom is 0.164 e. The van der Waals surface area contributed by atoms with Gasteiger partial charge in [-0.2, -0.15) is 0 Å². The maximum absolute atomic E-state index is 6.59. The quantitative estimate of drug-likeness (QED) is 0.168. The standard InChI is InChI=1S/C51H31N3O/c1-3-14-32(15-4-1)49-52-50(33-16-5-2-6-17-33)54-51(53-49)37-29-35(28-36(30-37)38-23-13-24-45-44-22-11-12-25-47(44)55-48(38)45)34-26-27-43-41-20-8-7-18-39(41)40-19-9-10-21-42(40)46(43)31-34/h1-31H.